The molecule has 0 fully saturated rings. The summed E-state index contributed by atoms with van der Waals surface area (Å²) in [5.41, 5.74) is 4.53. The second-order valence-corrected chi connectivity index (χ2v) is 3.46. The van der Waals surface area contributed by atoms with E-state index in [4.69, 9.17) is 10.6 Å². The Balaban J connectivity index is 2.87. The molecule has 0 amide bonds. The van der Waals surface area contributed by atoms with Gasteiger partial charge in [0, 0.05) is 17.1 Å². The van der Waals surface area contributed by atoms with Crippen LogP contribution in [0.5, 0.6) is 5.75 Å². The van der Waals surface area contributed by atoms with Crippen molar-refractivity contribution in [2.45, 2.75) is 6.92 Å². The molecule has 0 saturated heterocycles. The molecule has 1 heterocycles. The van der Waals surface area contributed by atoms with Crippen LogP contribution >= 0.6 is 0 Å². The number of nitrogens with one attached hydrogen (secondary N) is 1. The molecule has 0 radical (unpaired) electrons. The van der Waals surface area contributed by atoms with E-state index < -0.39 is 0 Å². The van der Waals surface area contributed by atoms with E-state index >= 15 is 0 Å². The SMILES string of the molecule is COc1cc(F)cc2c(NN)cc(C)nc12. The molecule has 0 aliphatic carbocycles. The molecule has 2 aromatic rings. The fourth-order valence-electron chi connectivity index (χ4n) is 1.67. The highest BCUT2D eigenvalue weighted by Crippen LogP contribution is 2.30. The molecular formula is C11H12FN3O. The second-order valence-electron chi connectivity index (χ2n) is 3.46. The summed E-state index contributed by atoms with van der Waals surface area (Å²) in [4.78, 5) is 4.31. The first kappa shape index (κ1) is 10.6. The van der Waals surface area contributed by atoms with Gasteiger partial charge in [-0.05, 0) is 19.1 Å². The number of anilines is 1. The normalized spacial score (nSPS) is 10.5. The number of aromatic nitrogens is 1. The van der Waals surface area contributed by atoms with Gasteiger partial charge in [0.25, 0.3) is 0 Å². The van der Waals surface area contributed by atoms with Crippen molar-refractivity contribution in [2.24, 2.45) is 5.84 Å². The van der Waals surface area contributed by atoms with E-state index in [0.29, 0.717) is 22.3 Å². The minimum absolute atomic E-state index is 0.383. The maximum atomic E-state index is 13.3. The lowest BCUT2D eigenvalue weighted by molar-refractivity contribution is 0.415. The quantitative estimate of drug-likeness (QED) is 0.601. The summed E-state index contributed by atoms with van der Waals surface area (Å²) >= 11 is 0. The molecule has 0 saturated carbocycles. The summed E-state index contributed by atoms with van der Waals surface area (Å²) in [6.45, 7) is 1.84. The van der Waals surface area contributed by atoms with E-state index in [9.17, 15) is 4.39 Å². The standard InChI is InChI=1S/C11H12FN3O/c1-6-3-9(15-13)8-4-7(12)5-10(16-2)11(8)14-6/h3-5H,13H2,1-2H3,(H,14,15). The number of hydrogen-bond donors (Lipinski definition) is 2. The summed E-state index contributed by atoms with van der Waals surface area (Å²) in [6, 6.07) is 4.43. The zero-order valence-corrected chi connectivity index (χ0v) is 9.04. The van der Waals surface area contributed by atoms with Gasteiger partial charge in [-0.3, -0.25) is 5.84 Å². The molecule has 4 nitrogen and oxygen atoms in total. The van der Waals surface area contributed by atoms with E-state index in [1.807, 2.05) is 6.92 Å². The number of ether oxygens (including phenoxy) is 1. The van der Waals surface area contributed by atoms with Crippen molar-refractivity contribution in [1.29, 1.82) is 0 Å². The molecule has 2 rings (SSSR count). The first-order chi connectivity index (χ1) is 7.65. The van der Waals surface area contributed by atoms with Crippen molar-refractivity contribution in [3.63, 3.8) is 0 Å². The Bertz CT molecular complexity index is 493. The van der Waals surface area contributed by atoms with Crippen LogP contribution < -0.4 is 16.0 Å². The molecular weight excluding hydrogens is 209 g/mol. The highest BCUT2D eigenvalue weighted by molar-refractivity contribution is 5.95. The van der Waals surface area contributed by atoms with Crippen molar-refractivity contribution >= 4 is 16.6 Å². The van der Waals surface area contributed by atoms with Gasteiger partial charge >= 0.3 is 0 Å². The number of nitrogen functional groups attached to an aromatic ring is 1. The number of nitrogens with zero attached hydrogens (tertiary/aromatic N) is 1. The Hall–Kier alpha value is -1.88. The number of fused-ring (bicyclic) bond motifs is 1. The lowest BCUT2D eigenvalue weighted by Crippen LogP contribution is -2.08. The van der Waals surface area contributed by atoms with Crippen molar-refractivity contribution in [3.05, 3.63) is 29.7 Å². The van der Waals surface area contributed by atoms with E-state index in [2.05, 4.69) is 10.4 Å². The number of nitrogens with two attached hydrogens (primary N) is 1. The van der Waals surface area contributed by atoms with Crippen LogP contribution in [0.1, 0.15) is 5.69 Å². The smallest absolute Gasteiger partial charge is 0.148 e. The number of rotatable bonds is 2. The maximum absolute atomic E-state index is 13.3. The number of methoxy groups -OCH3 is 1. The molecule has 1 aromatic heterocycles. The zero-order chi connectivity index (χ0) is 11.7. The maximum Gasteiger partial charge on any atom is 0.148 e. The topological polar surface area (TPSA) is 60.2 Å². The van der Waals surface area contributed by atoms with Gasteiger partial charge in [0.15, 0.2) is 0 Å². The van der Waals surface area contributed by atoms with E-state index in [-0.39, 0.29) is 5.82 Å². The van der Waals surface area contributed by atoms with Crippen LogP contribution in [0.4, 0.5) is 10.1 Å². The van der Waals surface area contributed by atoms with Gasteiger partial charge in [-0.15, -0.1) is 0 Å². The Morgan fingerprint density at radius 3 is 2.75 bits per heavy atom. The van der Waals surface area contributed by atoms with Gasteiger partial charge in [0.1, 0.15) is 17.1 Å². The third kappa shape index (κ3) is 1.65. The largest absolute Gasteiger partial charge is 0.494 e. The van der Waals surface area contributed by atoms with Crippen LogP contribution in [0.25, 0.3) is 10.9 Å². The monoisotopic (exact) mass is 221 g/mol. The van der Waals surface area contributed by atoms with Crippen LogP contribution in [-0.4, -0.2) is 12.1 Å². The van der Waals surface area contributed by atoms with Gasteiger partial charge in [-0.2, -0.15) is 0 Å². The van der Waals surface area contributed by atoms with Crippen molar-refractivity contribution < 1.29 is 9.13 Å². The summed E-state index contributed by atoms with van der Waals surface area (Å²) in [5.74, 6) is 5.40. The third-order valence-corrected chi connectivity index (χ3v) is 2.35. The predicted octanol–water partition coefficient (Wildman–Crippen LogP) is 1.98. The van der Waals surface area contributed by atoms with Crippen LogP contribution in [0, 0.1) is 12.7 Å². The molecule has 0 unspecified atom stereocenters. The van der Waals surface area contributed by atoms with Crippen LogP contribution in [0.3, 0.4) is 0 Å². The number of halogens is 1. The number of pyridine rings is 1. The van der Waals surface area contributed by atoms with E-state index in [1.165, 1.54) is 19.2 Å². The third-order valence-electron chi connectivity index (χ3n) is 2.35. The first-order valence-corrected chi connectivity index (χ1v) is 4.77. The van der Waals surface area contributed by atoms with Crippen LogP contribution in [-0.2, 0) is 0 Å². The van der Waals surface area contributed by atoms with Crippen molar-refractivity contribution in [1.82, 2.24) is 4.98 Å². The molecule has 3 N–H and O–H groups in total. The van der Waals surface area contributed by atoms with E-state index in [1.54, 1.807) is 6.07 Å². The molecule has 0 aliphatic rings. The summed E-state index contributed by atoms with van der Waals surface area (Å²) < 4.78 is 18.4. The minimum atomic E-state index is -0.383. The van der Waals surface area contributed by atoms with Gasteiger partial charge in [-0.25, -0.2) is 9.37 Å². The molecule has 1 aromatic carbocycles. The highest BCUT2D eigenvalue weighted by atomic mass is 19.1. The Labute approximate surface area is 92.2 Å². The lowest BCUT2D eigenvalue weighted by Gasteiger charge is -2.10. The second kappa shape index (κ2) is 3.94. The Morgan fingerprint density at radius 2 is 2.12 bits per heavy atom. The number of benzene rings is 1. The Morgan fingerprint density at radius 1 is 1.38 bits per heavy atom. The molecule has 0 bridgehead atoms. The fourth-order valence-corrected chi connectivity index (χ4v) is 1.67. The summed E-state index contributed by atoms with van der Waals surface area (Å²) in [6.07, 6.45) is 0. The van der Waals surface area contributed by atoms with Gasteiger partial charge in [0.05, 0.1) is 12.8 Å². The lowest BCUT2D eigenvalue weighted by atomic mass is 10.1. The molecule has 0 atom stereocenters. The van der Waals surface area contributed by atoms with E-state index in [0.717, 1.165) is 5.69 Å². The average molecular weight is 221 g/mol. The summed E-state index contributed by atoms with van der Waals surface area (Å²) in [5, 5.41) is 0.602. The van der Waals surface area contributed by atoms with Gasteiger partial charge < -0.3 is 10.2 Å². The molecule has 5 heteroatoms. The Kier molecular flexibility index (Phi) is 2.62. The highest BCUT2D eigenvalue weighted by Gasteiger charge is 2.10. The molecule has 0 spiro atoms. The fraction of sp³-hybridized carbons (Fsp3) is 0.182. The van der Waals surface area contributed by atoms with Gasteiger partial charge in [0.2, 0.25) is 0 Å². The van der Waals surface area contributed by atoms with Crippen LogP contribution in [0.15, 0.2) is 18.2 Å². The molecule has 0 aliphatic heterocycles. The number of aryl methyl sites for hydroxylation is 1. The summed E-state index contributed by atoms with van der Waals surface area (Å²) in [7, 11) is 1.48. The number of hydrogen-bond acceptors (Lipinski definition) is 4. The predicted molar refractivity (Wildman–Crippen MR) is 60.8 cm³/mol. The van der Waals surface area contributed by atoms with Crippen LogP contribution in [0.2, 0.25) is 0 Å². The van der Waals surface area contributed by atoms with Gasteiger partial charge in [-0.1, -0.05) is 0 Å². The zero-order valence-electron chi connectivity index (χ0n) is 9.04. The number of hydrazine groups is 1. The first-order valence-electron chi connectivity index (χ1n) is 4.77. The van der Waals surface area contributed by atoms with Crippen molar-refractivity contribution in [2.75, 3.05) is 12.5 Å². The average Bonchev–Trinajstić information content (AvgIpc) is 2.27. The molecule has 84 valence electrons. The molecule has 16 heavy (non-hydrogen) atoms. The van der Waals surface area contributed by atoms with Crippen molar-refractivity contribution in [3.8, 4) is 5.75 Å². The minimum Gasteiger partial charge on any atom is -0.494 e.